The van der Waals surface area contributed by atoms with Crippen molar-refractivity contribution in [2.24, 2.45) is 11.8 Å². The van der Waals surface area contributed by atoms with Crippen LogP contribution in [0.15, 0.2) is 60.7 Å². The molecule has 0 saturated carbocycles. The summed E-state index contributed by atoms with van der Waals surface area (Å²) in [5.74, 6) is 1.94. The SMILES string of the molecule is O=C(NCCCCCC(=O)N1CCC(CCCC2CCN(C(=O)CCCCCNC(=O)OCc3ccccc3)CC2)CC1)OCc1ccccc1. The topological polar surface area (TPSA) is 117 Å². The van der Waals surface area contributed by atoms with E-state index in [-0.39, 0.29) is 25.0 Å². The van der Waals surface area contributed by atoms with Crippen molar-refractivity contribution in [1.82, 2.24) is 20.4 Å². The lowest BCUT2D eigenvalue weighted by Crippen LogP contribution is -2.39. The molecule has 0 atom stereocenters. The molecule has 4 amide bonds. The van der Waals surface area contributed by atoms with Crippen LogP contribution < -0.4 is 10.6 Å². The third-order valence-corrected chi connectivity index (χ3v) is 10.3. The summed E-state index contributed by atoms with van der Waals surface area (Å²) in [5.41, 5.74) is 1.92. The predicted molar refractivity (Wildman–Crippen MR) is 199 cm³/mol. The molecule has 2 aromatic carbocycles. The van der Waals surface area contributed by atoms with Gasteiger partial charge in [-0.15, -0.1) is 0 Å². The zero-order valence-electron chi connectivity index (χ0n) is 30.5. The van der Waals surface area contributed by atoms with Crippen LogP contribution >= 0.6 is 0 Å². The summed E-state index contributed by atoms with van der Waals surface area (Å²) in [6.45, 7) is 5.13. The van der Waals surface area contributed by atoms with Gasteiger partial charge in [0.05, 0.1) is 0 Å². The van der Waals surface area contributed by atoms with Crippen LogP contribution in [0.25, 0.3) is 0 Å². The van der Waals surface area contributed by atoms with E-state index >= 15 is 0 Å². The highest BCUT2D eigenvalue weighted by molar-refractivity contribution is 5.76. The number of unbranched alkanes of at least 4 members (excludes halogenated alkanes) is 4. The number of nitrogens with one attached hydrogen (secondary N) is 2. The normalized spacial score (nSPS) is 15.3. The molecule has 0 radical (unpaired) electrons. The Kier molecular flexibility index (Phi) is 18.2. The van der Waals surface area contributed by atoms with Gasteiger partial charge in [-0.1, -0.05) is 92.8 Å². The number of carbonyl (C=O) groups is 4. The van der Waals surface area contributed by atoms with E-state index in [9.17, 15) is 19.2 Å². The van der Waals surface area contributed by atoms with Crippen molar-refractivity contribution in [2.45, 2.75) is 110 Å². The second kappa shape index (κ2) is 23.4. The van der Waals surface area contributed by atoms with Gasteiger partial charge in [0.25, 0.3) is 0 Å². The minimum absolute atomic E-state index is 0.263. The van der Waals surface area contributed by atoms with Crippen LogP contribution in [0.4, 0.5) is 9.59 Å². The van der Waals surface area contributed by atoms with E-state index in [1.807, 2.05) is 70.5 Å². The van der Waals surface area contributed by atoms with Crippen LogP contribution in [0, 0.1) is 11.8 Å². The third-order valence-electron chi connectivity index (χ3n) is 10.3. The fourth-order valence-electron chi connectivity index (χ4n) is 7.04. The minimum atomic E-state index is -0.402. The van der Waals surface area contributed by atoms with Gasteiger partial charge in [0.1, 0.15) is 13.2 Å². The molecule has 10 nitrogen and oxygen atoms in total. The number of hydrogen-bond acceptors (Lipinski definition) is 6. The maximum absolute atomic E-state index is 12.7. The maximum Gasteiger partial charge on any atom is 0.407 e. The first-order valence-corrected chi connectivity index (χ1v) is 19.4. The number of piperidine rings is 2. The van der Waals surface area contributed by atoms with E-state index < -0.39 is 12.2 Å². The number of benzene rings is 2. The van der Waals surface area contributed by atoms with Crippen LogP contribution in [0.3, 0.4) is 0 Å². The largest absolute Gasteiger partial charge is 0.445 e. The average molecular weight is 705 g/mol. The zero-order valence-corrected chi connectivity index (χ0v) is 30.5. The average Bonchev–Trinajstić information content (AvgIpc) is 3.17. The van der Waals surface area contributed by atoms with Crippen molar-refractivity contribution in [3.05, 3.63) is 71.8 Å². The number of ether oxygens (including phenoxy) is 2. The van der Waals surface area contributed by atoms with Crippen molar-refractivity contribution in [1.29, 1.82) is 0 Å². The molecule has 0 bridgehead atoms. The number of alkyl carbamates (subject to hydrolysis) is 2. The highest BCUT2D eigenvalue weighted by atomic mass is 16.6. The molecule has 0 spiro atoms. The van der Waals surface area contributed by atoms with E-state index in [1.54, 1.807) is 0 Å². The Hall–Kier alpha value is -4.08. The van der Waals surface area contributed by atoms with Gasteiger partial charge >= 0.3 is 12.2 Å². The van der Waals surface area contributed by atoms with Gasteiger partial charge in [0.15, 0.2) is 0 Å². The Morgan fingerprint density at radius 3 is 1.31 bits per heavy atom. The Morgan fingerprint density at radius 2 is 0.922 bits per heavy atom. The molecule has 2 aromatic rings. The van der Waals surface area contributed by atoms with E-state index in [1.165, 1.54) is 19.3 Å². The number of likely N-dealkylation sites (tertiary alicyclic amines) is 2. The van der Waals surface area contributed by atoms with E-state index in [2.05, 4.69) is 10.6 Å². The number of amides is 4. The lowest BCUT2D eigenvalue weighted by Gasteiger charge is -2.34. The first kappa shape index (κ1) is 39.7. The van der Waals surface area contributed by atoms with E-state index in [0.29, 0.717) is 37.8 Å². The fourth-order valence-corrected chi connectivity index (χ4v) is 7.04. The molecular weight excluding hydrogens is 644 g/mol. The van der Waals surface area contributed by atoms with E-state index in [0.717, 1.165) is 102 Å². The number of nitrogens with zero attached hydrogens (tertiary/aromatic N) is 2. The molecule has 2 aliphatic rings. The summed E-state index contributed by atoms with van der Waals surface area (Å²) >= 11 is 0. The van der Waals surface area contributed by atoms with Crippen LogP contribution in [-0.4, -0.2) is 73.1 Å². The first-order valence-electron chi connectivity index (χ1n) is 19.4. The van der Waals surface area contributed by atoms with Crippen molar-refractivity contribution in [2.75, 3.05) is 39.3 Å². The maximum atomic E-state index is 12.7. The molecule has 51 heavy (non-hydrogen) atoms. The van der Waals surface area contributed by atoms with E-state index in [4.69, 9.17) is 9.47 Å². The Balaban J connectivity index is 0.923. The number of rotatable bonds is 20. The molecule has 2 N–H and O–H groups in total. The first-order chi connectivity index (χ1) is 25.0. The molecule has 0 aromatic heterocycles. The summed E-state index contributed by atoms with van der Waals surface area (Å²) < 4.78 is 10.5. The number of carbonyl (C=O) groups excluding carboxylic acids is 4. The number of hydrogen-bond donors (Lipinski definition) is 2. The van der Waals surface area contributed by atoms with Crippen molar-refractivity contribution < 1.29 is 28.7 Å². The summed E-state index contributed by atoms with van der Waals surface area (Å²) in [7, 11) is 0. The van der Waals surface area contributed by atoms with Crippen LogP contribution in [0.1, 0.15) is 107 Å². The summed E-state index contributed by atoms with van der Waals surface area (Å²) in [6, 6.07) is 19.2. The minimum Gasteiger partial charge on any atom is -0.445 e. The Labute approximate surface area is 305 Å². The molecule has 0 aliphatic carbocycles. The smallest absolute Gasteiger partial charge is 0.407 e. The van der Waals surface area contributed by atoms with Gasteiger partial charge in [-0.25, -0.2) is 9.59 Å². The summed E-state index contributed by atoms with van der Waals surface area (Å²) in [5, 5.41) is 5.58. The molecule has 2 aliphatic heterocycles. The highest BCUT2D eigenvalue weighted by Crippen LogP contribution is 2.28. The van der Waals surface area contributed by atoms with Gasteiger partial charge in [-0.05, 0) is 74.3 Å². The second-order valence-corrected chi connectivity index (χ2v) is 14.2. The third kappa shape index (κ3) is 16.2. The van der Waals surface area contributed by atoms with Crippen LogP contribution in [-0.2, 0) is 32.3 Å². The van der Waals surface area contributed by atoms with Gasteiger partial charge < -0.3 is 29.9 Å². The molecule has 0 unspecified atom stereocenters. The van der Waals surface area contributed by atoms with Crippen LogP contribution in [0.5, 0.6) is 0 Å². The predicted octanol–water partition coefficient (Wildman–Crippen LogP) is 7.61. The summed E-state index contributed by atoms with van der Waals surface area (Å²) in [6.07, 6.45) is 13.6. The standard InChI is InChI=1S/C41H60N4O6/c46-38(20-9-3-11-26-42-40(48)50-32-36-14-5-1-6-15-36)44-28-22-34(23-29-44)18-13-19-35-24-30-45(31-25-35)39(47)21-10-4-12-27-43-41(49)51-33-37-16-7-2-8-17-37/h1-2,5-8,14-17,34-35H,3-4,9-13,18-33H2,(H,42,48)(H,43,49). The second-order valence-electron chi connectivity index (χ2n) is 14.2. The van der Waals surface area contributed by atoms with Gasteiger partial charge in [-0.2, -0.15) is 0 Å². The summed E-state index contributed by atoms with van der Waals surface area (Å²) in [4.78, 5) is 53.3. The van der Waals surface area contributed by atoms with Crippen molar-refractivity contribution in [3.8, 4) is 0 Å². The molecule has 10 heteroatoms. The Bertz CT molecular complexity index is 1190. The quantitative estimate of drug-likeness (QED) is 0.137. The van der Waals surface area contributed by atoms with Crippen molar-refractivity contribution >= 4 is 24.0 Å². The van der Waals surface area contributed by atoms with Gasteiger partial charge in [0, 0.05) is 52.1 Å². The Morgan fingerprint density at radius 1 is 0.529 bits per heavy atom. The van der Waals surface area contributed by atoms with Gasteiger partial charge in [-0.3, -0.25) is 9.59 Å². The molecular formula is C41H60N4O6. The monoisotopic (exact) mass is 704 g/mol. The zero-order chi connectivity index (χ0) is 35.9. The lowest BCUT2D eigenvalue weighted by molar-refractivity contribution is -0.133. The molecule has 2 heterocycles. The lowest BCUT2D eigenvalue weighted by atomic mass is 9.86. The molecule has 280 valence electrons. The van der Waals surface area contributed by atoms with Gasteiger partial charge in [0.2, 0.25) is 11.8 Å². The molecule has 4 rings (SSSR count). The molecule has 2 fully saturated rings. The van der Waals surface area contributed by atoms with Crippen LogP contribution in [0.2, 0.25) is 0 Å². The van der Waals surface area contributed by atoms with Crippen molar-refractivity contribution in [3.63, 3.8) is 0 Å². The fraction of sp³-hybridized carbons (Fsp3) is 0.610. The highest BCUT2D eigenvalue weighted by Gasteiger charge is 2.25. The molecule has 2 saturated heterocycles.